The van der Waals surface area contributed by atoms with Crippen LogP contribution in [0.3, 0.4) is 0 Å². The molecule has 0 radical (unpaired) electrons. The summed E-state index contributed by atoms with van der Waals surface area (Å²) in [4.78, 5) is 23.0. The average molecular weight is 313 g/mol. The van der Waals surface area contributed by atoms with E-state index >= 15 is 0 Å². The smallest absolute Gasteiger partial charge is 0.305 e. The molecule has 0 fully saturated rings. The van der Waals surface area contributed by atoms with Gasteiger partial charge in [0.05, 0.1) is 19.2 Å². The van der Waals surface area contributed by atoms with E-state index in [9.17, 15) is 9.59 Å². The van der Waals surface area contributed by atoms with E-state index in [1.165, 1.54) is 9.08 Å². The number of nitrogens with zero attached hydrogens (tertiary/aromatic N) is 3. The molecule has 0 aliphatic rings. The first kappa shape index (κ1) is 14.8. The summed E-state index contributed by atoms with van der Waals surface area (Å²) in [5.74, 6) is -0.197. The second kappa shape index (κ2) is 5.96. The van der Waals surface area contributed by atoms with Gasteiger partial charge < -0.3 is 14.4 Å². The lowest BCUT2D eigenvalue weighted by molar-refractivity contribution is -0.137. The minimum Gasteiger partial charge on any atom is -0.497 e. The molecule has 7 nitrogen and oxygen atoms in total. The fourth-order valence-electron chi connectivity index (χ4n) is 2.32. The highest BCUT2D eigenvalue weighted by Gasteiger charge is 2.10. The van der Waals surface area contributed by atoms with Crippen molar-refractivity contribution in [3.8, 4) is 17.0 Å². The van der Waals surface area contributed by atoms with Crippen LogP contribution in [0.2, 0.25) is 0 Å². The number of hydrogen-bond acceptors (Lipinski definition) is 4. The number of aromatic nitrogens is 3. The highest BCUT2D eigenvalue weighted by atomic mass is 16.5. The molecule has 0 saturated heterocycles. The van der Waals surface area contributed by atoms with E-state index in [2.05, 4.69) is 5.10 Å². The van der Waals surface area contributed by atoms with Crippen LogP contribution in [0.25, 0.3) is 16.8 Å². The van der Waals surface area contributed by atoms with Crippen molar-refractivity contribution in [2.75, 3.05) is 7.11 Å². The fourth-order valence-corrected chi connectivity index (χ4v) is 2.32. The van der Waals surface area contributed by atoms with Crippen LogP contribution in [0.1, 0.15) is 6.42 Å². The van der Waals surface area contributed by atoms with Gasteiger partial charge in [-0.25, -0.2) is 4.52 Å². The average Bonchev–Trinajstić information content (AvgIpc) is 2.99. The monoisotopic (exact) mass is 313 g/mol. The van der Waals surface area contributed by atoms with Crippen LogP contribution in [-0.2, 0) is 11.3 Å². The zero-order valence-electron chi connectivity index (χ0n) is 12.5. The quantitative estimate of drug-likeness (QED) is 0.774. The number of aliphatic carboxylic acids is 1. The molecule has 23 heavy (non-hydrogen) atoms. The third-order valence-corrected chi connectivity index (χ3v) is 3.56. The topological polar surface area (TPSA) is 85.8 Å². The number of benzene rings is 1. The number of carboxylic acids is 1. The minimum atomic E-state index is -0.941. The highest BCUT2D eigenvalue weighted by molar-refractivity contribution is 5.67. The van der Waals surface area contributed by atoms with Gasteiger partial charge in [0.15, 0.2) is 0 Å². The molecule has 118 valence electrons. The summed E-state index contributed by atoms with van der Waals surface area (Å²) in [6.45, 7) is 0.133. The predicted molar refractivity (Wildman–Crippen MR) is 83.7 cm³/mol. The number of fused-ring (bicyclic) bond motifs is 1. The molecule has 0 saturated carbocycles. The summed E-state index contributed by atoms with van der Waals surface area (Å²) in [6.07, 6.45) is 3.09. The van der Waals surface area contributed by atoms with Crippen molar-refractivity contribution >= 4 is 11.5 Å². The molecule has 3 aromatic rings. The SMILES string of the molecule is COc1ccc(-c2cc3c(=O)n(CCC(=O)O)ccn3n2)cc1. The van der Waals surface area contributed by atoms with Crippen LogP contribution in [0, 0.1) is 0 Å². The lowest BCUT2D eigenvalue weighted by Crippen LogP contribution is -2.22. The fraction of sp³-hybridized carbons (Fsp3) is 0.188. The van der Waals surface area contributed by atoms with E-state index in [0.29, 0.717) is 11.2 Å². The molecule has 7 heteroatoms. The second-order valence-electron chi connectivity index (χ2n) is 5.03. The van der Waals surface area contributed by atoms with Gasteiger partial charge in [-0.3, -0.25) is 9.59 Å². The Morgan fingerprint density at radius 2 is 2.00 bits per heavy atom. The normalized spacial score (nSPS) is 10.8. The van der Waals surface area contributed by atoms with Gasteiger partial charge >= 0.3 is 5.97 Å². The Labute approximate surface area is 131 Å². The van der Waals surface area contributed by atoms with E-state index in [1.807, 2.05) is 24.3 Å². The number of carboxylic acid groups (broad SMARTS) is 1. The van der Waals surface area contributed by atoms with Crippen LogP contribution < -0.4 is 10.3 Å². The van der Waals surface area contributed by atoms with Gasteiger partial charge in [-0.2, -0.15) is 5.10 Å². The molecular weight excluding hydrogens is 298 g/mol. The van der Waals surface area contributed by atoms with Gasteiger partial charge in [0.25, 0.3) is 5.56 Å². The Morgan fingerprint density at radius 1 is 1.26 bits per heavy atom. The zero-order chi connectivity index (χ0) is 16.4. The molecule has 0 amide bonds. The van der Waals surface area contributed by atoms with Crippen molar-refractivity contribution < 1.29 is 14.6 Å². The van der Waals surface area contributed by atoms with Crippen molar-refractivity contribution in [2.24, 2.45) is 0 Å². The number of hydrogen-bond donors (Lipinski definition) is 1. The van der Waals surface area contributed by atoms with Crippen LogP contribution >= 0.6 is 0 Å². The number of rotatable bonds is 5. The summed E-state index contributed by atoms with van der Waals surface area (Å²) in [5.41, 5.74) is 1.68. The second-order valence-corrected chi connectivity index (χ2v) is 5.03. The molecule has 0 aliphatic heterocycles. The first-order chi connectivity index (χ1) is 11.1. The van der Waals surface area contributed by atoms with Crippen molar-refractivity contribution in [3.63, 3.8) is 0 Å². The molecule has 0 aliphatic carbocycles. The van der Waals surface area contributed by atoms with Gasteiger partial charge in [0.2, 0.25) is 0 Å². The summed E-state index contributed by atoms with van der Waals surface area (Å²) >= 11 is 0. The maximum Gasteiger partial charge on any atom is 0.305 e. The van der Waals surface area contributed by atoms with Crippen LogP contribution in [-0.4, -0.2) is 32.4 Å². The van der Waals surface area contributed by atoms with Crippen LogP contribution in [0.4, 0.5) is 0 Å². The largest absolute Gasteiger partial charge is 0.497 e. The summed E-state index contributed by atoms with van der Waals surface area (Å²) < 4.78 is 8.00. The summed E-state index contributed by atoms with van der Waals surface area (Å²) in [6, 6.07) is 9.07. The van der Waals surface area contributed by atoms with Crippen molar-refractivity contribution in [1.82, 2.24) is 14.2 Å². The zero-order valence-corrected chi connectivity index (χ0v) is 12.5. The molecule has 2 aromatic heterocycles. The highest BCUT2D eigenvalue weighted by Crippen LogP contribution is 2.21. The Bertz CT molecular complexity index is 909. The lowest BCUT2D eigenvalue weighted by atomic mass is 10.1. The van der Waals surface area contributed by atoms with Gasteiger partial charge in [-0.15, -0.1) is 0 Å². The lowest BCUT2D eigenvalue weighted by Gasteiger charge is -2.03. The van der Waals surface area contributed by atoms with E-state index in [-0.39, 0.29) is 18.5 Å². The Kier molecular flexibility index (Phi) is 3.84. The molecule has 0 spiro atoms. The number of methoxy groups -OCH3 is 1. The Balaban J connectivity index is 1.99. The predicted octanol–water partition coefficient (Wildman–Crippen LogP) is 1.65. The third-order valence-electron chi connectivity index (χ3n) is 3.56. The van der Waals surface area contributed by atoms with Crippen molar-refractivity contribution in [3.05, 3.63) is 53.1 Å². The molecule has 0 unspecified atom stereocenters. The van der Waals surface area contributed by atoms with Crippen LogP contribution in [0.15, 0.2) is 47.5 Å². The Morgan fingerprint density at radius 3 is 2.65 bits per heavy atom. The molecule has 0 bridgehead atoms. The van der Waals surface area contributed by atoms with Gasteiger partial charge in [-0.1, -0.05) is 0 Å². The molecular formula is C16H15N3O4. The molecule has 1 aromatic carbocycles. The van der Waals surface area contributed by atoms with E-state index in [4.69, 9.17) is 9.84 Å². The van der Waals surface area contributed by atoms with Gasteiger partial charge in [0.1, 0.15) is 11.3 Å². The maximum atomic E-state index is 12.4. The molecule has 1 N–H and O–H groups in total. The van der Waals surface area contributed by atoms with E-state index < -0.39 is 5.97 Å². The van der Waals surface area contributed by atoms with Gasteiger partial charge in [0, 0.05) is 24.5 Å². The first-order valence-corrected chi connectivity index (χ1v) is 7.03. The first-order valence-electron chi connectivity index (χ1n) is 7.03. The summed E-state index contributed by atoms with van der Waals surface area (Å²) in [7, 11) is 1.60. The minimum absolute atomic E-state index is 0.102. The van der Waals surface area contributed by atoms with Crippen molar-refractivity contribution in [2.45, 2.75) is 13.0 Å². The van der Waals surface area contributed by atoms with E-state index in [0.717, 1.165) is 11.3 Å². The number of aryl methyl sites for hydroxylation is 1. The molecule has 0 atom stereocenters. The van der Waals surface area contributed by atoms with Gasteiger partial charge in [-0.05, 0) is 30.3 Å². The van der Waals surface area contributed by atoms with Crippen molar-refractivity contribution in [1.29, 1.82) is 0 Å². The molecule has 2 heterocycles. The summed E-state index contributed by atoms with van der Waals surface area (Å²) in [5, 5.41) is 13.1. The number of ether oxygens (including phenoxy) is 1. The third kappa shape index (κ3) is 2.94. The van der Waals surface area contributed by atoms with E-state index in [1.54, 1.807) is 25.6 Å². The molecule has 3 rings (SSSR count). The maximum absolute atomic E-state index is 12.4. The standard InChI is InChI=1S/C16H15N3O4/c1-23-12-4-2-11(3-5-12)13-10-14-16(22)18(7-6-15(20)21)8-9-19(14)17-13/h2-5,8-10H,6-7H2,1H3,(H,20,21). The van der Waals surface area contributed by atoms with Crippen LogP contribution in [0.5, 0.6) is 5.75 Å². The Hall–Kier alpha value is -3.09. The number of carbonyl (C=O) groups is 1.